The van der Waals surface area contributed by atoms with E-state index in [0.29, 0.717) is 16.5 Å². The van der Waals surface area contributed by atoms with Gasteiger partial charge < -0.3 is 0 Å². The second-order valence-corrected chi connectivity index (χ2v) is 4.75. The Morgan fingerprint density at radius 3 is 2.28 bits per heavy atom. The lowest BCUT2D eigenvalue weighted by Gasteiger charge is -2.14. The Kier molecular flexibility index (Phi) is 3.01. The summed E-state index contributed by atoms with van der Waals surface area (Å²) in [6.07, 6.45) is -4.49. The summed E-state index contributed by atoms with van der Waals surface area (Å²) in [6, 6.07) is 3.55. The maximum atomic E-state index is 12.8. The number of benzene rings is 1. The second kappa shape index (κ2) is 4.12. The average Bonchev–Trinajstić information content (AvgIpc) is 2.22. The molecule has 0 aliphatic heterocycles. The van der Waals surface area contributed by atoms with E-state index in [4.69, 9.17) is 11.6 Å². The molecule has 96 valence electrons. The predicted molar refractivity (Wildman–Crippen MR) is 66.0 cm³/mol. The first-order valence-corrected chi connectivity index (χ1v) is 5.74. The van der Waals surface area contributed by atoms with Gasteiger partial charge in [-0.15, -0.1) is 0 Å². The predicted octanol–water partition coefficient (Wildman–Crippen LogP) is 4.83. The number of pyridine rings is 1. The van der Waals surface area contributed by atoms with Crippen LogP contribution in [0.3, 0.4) is 0 Å². The van der Waals surface area contributed by atoms with Gasteiger partial charge in [0.25, 0.3) is 0 Å². The van der Waals surface area contributed by atoms with Crippen molar-refractivity contribution in [1.82, 2.24) is 4.98 Å². The fourth-order valence-electron chi connectivity index (χ4n) is 2.05. The highest BCUT2D eigenvalue weighted by atomic mass is 35.5. The van der Waals surface area contributed by atoms with Gasteiger partial charge in [0.2, 0.25) is 0 Å². The summed E-state index contributed by atoms with van der Waals surface area (Å²) in [7, 11) is 0. The molecule has 0 spiro atoms. The van der Waals surface area contributed by atoms with Crippen molar-refractivity contribution in [2.24, 2.45) is 0 Å². The summed E-state index contributed by atoms with van der Waals surface area (Å²) in [5.74, 6) is 0. The lowest BCUT2D eigenvalue weighted by atomic mass is 10.0. The zero-order chi connectivity index (χ0) is 13.7. The first-order chi connectivity index (χ1) is 8.21. The third-order valence-corrected chi connectivity index (χ3v) is 3.34. The zero-order valence-corrected chi connectivity index (χ0v) is 10.9. The topological polar surface area (TPSA) is 12.9 Å². The molecule has 0 amide bonds. The van der Waals surface area contributed by atoms with Crippen LogP contribution in [0.5, 0.6) is 0 Å². The largest absolute Gasteiger partial charge is 0.433 e. The Bertz CT molecular complexity index is 632. The number of aryl methyl sites for hydroxylation is 2. The number of hydrogen-bond donors (Lipinski definition) is 0. The second-order valence-electron chi connectivity index (χ2n) is 4.38. The van der Waals surface area contributed by atoms with Crippen LogP contribution in [0.1, 0.15) is 22.4 Å². The molecule has 1 aromatic heterocycles. The van der Waals surface area contributed by atoms with Crippen molar-refractivity contribution in [3.63, 3.8) is 0 Å². The van der Waals surface area contributed by atoms with Gasteiger partial charge in [0.05, 0.1) is 10.5 Å². The molecule has 0 aliphatic rings. The van der Waals surface area contributed by atoms with E-state index in [9.17, 15) is 13.2 Å². The van der Waals surface area contributed by atoms with Crippen molar-refractivity contribution < 1.29 is 13.2 Å². The van der Waals surface area contributed by atoms with E-state index < -0.39 is 11.9 Å². The third kappa shape index (κ3) is 2.05. The molecule has 0 N–H and O–H groups in total. The van der Waals surface area contributed by atoms with Crippen molar-refractivity contribution in [1.29, 1.82) is 0 Å². The van der Waals surface area contributed by atoms with Gasteiger partial charge in [-0.1, -0.05) is 23.2 Å². The minimum atomic E-state index is -4.49. The van der Waals surface area contributed by atoms with Crippen LogP contribution in [0.4, 0.5) is 13.2 Å². The molecule has 5 heteroatoms. The van der Waals surface area contributed by atoms with Gasteiger partial charge in [-0.05, 0) is 38.0 Å². The van der Waals surface area contributed by atoms with Crippen LogP contribution in [-0.2, 0) is 6.18 Å². The first-order valence-electron chi connectivity index (χ1n) is 5.36. The van der Waals surface area contributed by atoms with E-state index in [1.807, 2.05) is 6.92 Å². The molecule has 2 rings (SSSR count). The van der Waals surface area contributed by atoms with E-state index in [1.165, 1.54) is 6.92 Å². The number of aromatic nitrogens is 1. The van der Waals surface area contributed by atoms with Gasteiger partial charge in [-0.2, -0.15) is 13.2 Å². The number of nitrogens with zero attached hydrogens (tertiary/aromatic N) is 1. The summed E-state index contributed by atoms with van der Waals surface area (Å²) in [5.41, 5.74) is 1.01. The van der Waals surface area contributed by atoms with Crippen LogP contribution in [0.2, 0.25) is 5.02 Å². The number of fused-ring (bicyclic) bond motifs is 1. The molecule has 18 heavy (non-hydrogen) atoms. The Balaban J connectivity index is 2.93. The van der Waals surface area contributed by atoms with E-state index in [-0.39, 0.29) is 10.6 Å². The lowest BCUT2D eigenvalue weighted by Crippen LogP contribution is -2.11. The van der Waals surface area contributed by atoms with E-state index in [2.05, 4.69) is 4.98 Å². The van der Waals surface area contributed by atoms with Crippen molar-refractivity contribution in [3.05, 3.63) is 39.5 Å². The highest BCUT2D eigenvalue weighted by Gasteiger charge is 2.36. The molecule has 0 saturated carbocycles. The highest BCUT2D eigenvalue weighted by Crippen LogP contribution is 2.37. The number of alkyl halides is 3. The van der Waals surface area contributed by atoms with Gasteiger partial charge in [0, 0.05) is 5.39 Å². The normalized spacial score (nSPS) is 12.2. The highest BCUT2D eigenvalue weighted by molar-refractivity contribution is 6.36. The molecule has 0 unspecified atom stereocenters. The van der Waals surface area contributed by atoms with Crippen LogP contribution in [-0.4, -0.2) is 4.98 Å². The van der Waals surface area contributed by atoms with Crippen molar-refractivity contribution >= 4 is 22.5 Å². The van der Waals surface area contributed by atoms with Crippen LogP contribution in [0.25, 0.3) is 10.9 Å². The van der Waals surface area contributed by atoms with Crippen LogP contribution >= 0.6 is 11.6 Å². The van der Waals surface area contributed by atoms with Crippen LogP contribution in [0.15, 0.2) is 12.1 Å². The molecule has 2 aromatic rings. The summed E-state index contributed by atoms with van der Waals surface area (Å²) in [6.45, 7) is 4.94. The maximum Gasteiger partial charge on any atom is 0.433 e. The Hall–Kier alpha value is -1.29. The molecular weight excluding hydrogens is 263 g/mol. The number of hydrogen-bond acceptors (Lipinski definition) is 1. The van der Waals surface area contributed by atoms with Crippen molar-refractivity contribution in [2.75, 3.05) is 0 Å². The first kappa shape index (κ1) is 13.1. The zero-order valence-electron chi connectivity index (χ0n) is 10.1. The van der Waals surface area contributed by atoms with Gasteiger partial charge >= 0.3 is 6.18 Å². The molecule has 1 aromatic carbocycles. The molecule has 0 atom stereocenters. The number of halogens is 4. The van der Waals surface area contributed by atoms with Gasteiger partial charge in [-0.3, -0.25) is 0 Å². The van der Waals surface area contributed by atoms with Crippen LogP contribution in [0, 0.1) is 20.8 Å². The number of rotatable bonds is 0. The van der Waals surface area contributed by atoms with Crippen molar-refractivity contribution in [2.45, 2.75) is 26.9 Å². The molecule has 0 saturated heterocycles. The molecule has 0 bridgehead atoms. The Labute approximate surface area is 108 Å². The quantitative estimate of drug-likeness (QED) is 0.670. The fraction of sp³-hybridized carbons (Fsp3) is 0.308. The van der Waals surface area contributed by atoms with Gasteiger partial charge in [0.1, 0.15) is 5.69 Å². The third-order valence-electron chi connectivity index (χ3n) is 2.86. The molecule has 0 fully saturated rings. The molecule has 1 nitrogen and oxygen atoms in total. The molecule has 0 aliphatic carbocycles. The van der Waals surface area contributed by atoms with E-state index >= 15 is 0 Å². The monoisotopic (exact) mass is 273 g/mol. The summed E-state index contributed by atoms with van der Waals surface area (Å²) in [5, 5.41) is 0.693. The fourth-order valence-corrected chi connectivity index (χ4v) is 2.29. The SMILES string of the molecule is Cc1cc(C)c2nc(C(F)(F)F)c(C)c(Cl)c2c1. The lowest BCUT2D eigenvalue weighted by molar-refractivity contribution is -0.141. The van der Waals surface area contributed by atoms with Crippen molar-refractivity contribution in [3.8, 4) is 0 Å². The minimum absolute atomic E-state index is 0.0262. The van der Waals surface area contributed by atoms with Gasteiger partial charge in [0.15, 0.2) is 0 Å². The smallest absolute Gasteiger partial charge is 0.243 e. The summed E-state index contributed by atoms with van der Waals surface area (Å²) >= 11 is 6.04. The Morgan fingerprint density at radius 2 is 1.72 bits per heavy atom. The molecular formula is C13H11ClF3N. The molecule has 1 heterocycles. The Morgan fingerprint density at radius 1 is 1.11 bits per heavy atom. The summed E-state index contributed by atoms with van der Waals surface area (Å²) in [4.78, 5) is 3.74. The van der Waals surface area contributed by atoms with Crippen LogP contribution < -0.4 is 0 Å². The summed E-state index contributed by atoms with van der Waals surface area (Å²) < 4.78 is 38.5. The van der Waals surface area contributed by atoms with E-state index in [1.54, 1.807) is 19.1 Å². The maximum absolute atomic E-state index is 12.8. The van der Waals surface area contributed by atoms with E-state index in [0.717, 1.165) is 5.56 Å². The average molecular weight is 274 g/mol. The molecule has 0 radical (unpaired) electrons. The van der Waals surface area contributed by atoms with Gasteiger partial charge in [-0.25, -0.2) is 4.98 Å². The standard InChI is InChI=1S/C13H11ClF3N/c1-6-4-7(2)11-9(5-6)10(14)8(3)12(18-11)13(15,16)17/h4-5H,1-3H3. The minimum Gasteiger partial charge on any atom is -0.243 e.